The van der Waals surface area contributed by atoms with E-state index in [-0.39, 0.29) is 17.9 Å². The van der Waals surface area contributed by atoms with E-state index in [1.54, 1.807) is 0 Å². The molecule has 0 radical (unpaired) electrons. The zero-order chi connectivity index (χ0) is 11.1. The first-order valence-corrected chi connectivity index (χ1v) is 4.89. The number of nitrogens with zero attached hydrogens (tertiary/aromatic N) is 3. The maximum Gasteiger partial charge on any atom is 0.249 e. The Bertz CT molecular complexity index is 303. The van der Waals surface area contributed by atoms with Crippen LogP contribution in [0.5, 0.6) is 0 Å². The normalized spacial score (nSPS) is 12.1. The van der Waals surface area contributed by atoms with Gasteiger partial charge in [-0.3, -0.25) is 10.1 Å². The fourth-order valence-corrected chi connectivity index (χ4v) is 1.18. The van der Waals surface area contributed by atoms with Crippen LogP contribution in [0.15, 0.2) is 12.4 Å². The van der Waals surface area contributed by atoms with Crippen LogP contribution in [0, 0.1) is 0 Å². The van der Waals surface area contributed by atoms with Gasteiger partial charge in [0.05, 0.1) is 12.4 Å². The molecule has 6 nitrogen and oxygen atoms in total. The van der Waals surface area contributed by atoms with Gasteiger partial charge in [-0.1, -0.05) is 6.92 Å². The number of hydrogen-bond donors (Lipinski definition) is 2. The third-order valence-electron chi connectivity index (χ3n) is 1.78. The Balaban J connectivity index is 2.36. The third kappa shape index (κ3) is 4.46. The van der Waals surface area contributed by atoms with E-state index in [0.717, 1.165) is 6.54 Å². The van der Waals surface area contributed by atoms with Crippen LogP contribution in [0.25, 0.3) is 0 Å². The first kappa shape index (κ1) is 11.5. The van der Waals surface area contributed by atoms with Crippen LogP contribution in [-0.2, 0) is 4.79 Å². The topological polar surface area (TPSA) is 79.8 Å². The molecule has 1 rings (SSSR count). The molecule has 0 bridgehead atoms. The molecule has 0 spiro atoms. The standard InChI is InChI=1S/C9H15N5O/c1-3-10-7(2)6-8(15)13-9-11-4-5-12-14-9/h4-5,7,10H,3,6H2,1-2H3,(H,11,13,14,15). The lowest BCUT2D eigenvalue weighted by atomic mass is 10.2. The summed E-state index contributed by atoms with van der Waals surface area (Å²) in [6.45, 7) is 4.80. The van der Waals surface area contributed by atoms with E-state index in [2.05, 4.69) is 25.8 Å². The van der Waals surface area contributed by atoms with E-state index < -0.39 is 0 Å². The van der Waals surface area contributed by atoms with E-state index in [4.69, 9.17) is 0 Å². The summed E-state index contributed by atoms with van der Waals surface area (Å²) in [5.74, 6) is 0.127. The molecule has 1 aromatic heterocycles. The summed E-state index contributed by atoms with van der Waals surface area (Å²) in [6.07, 6.45) is 3.33. The molecule has 15 heavy (non-hydrogen) atoms. The van der Waals surface area contributed by atoms with E-state index in [0.29, 0.717) is 6.42 Å². The quantitative estimate of drug-likeness (QED) is 0.724. The second kappa shape index (κ2) is 6.02. The third-order valence-corrected chi connectivity index (χ3v) is 1.78. The van der Waals surface area contributed by atoms with E-state index in [1.165, 1.54) is 12.4 Å². The van der Waals surface area contributed by atoms with Gasteiger partial charge in [0.25, 0.3) is 0 Å². The Morgan fingerprint density at radius 3 is 2.93 bits per heavy atom. The average Bonchev–Trinajstić information content (AvgIpc) is 2.19. The number of anilines is 1. The fourth-order valence-electron chi connectivity index (χ4n) is 1.18. The maximum absolute atomic E-state index is 11.4. The van der Waals surface area contributed by atoms with Crippen molar-refractivity contribution in [3.63, 3.8) is 0 Å². The lowest BCUT2D eigenvalue weighted by Gasteiger charge is -2.10. The zero-order valence-corrected chi connectivity index (χ0v) is 8.90. The summed E-state index contributed by atoms with van der Waals surface area (Å²) in [6, 6.07) is 0.145. The number of carbonyl (C=O) groups is 1. The van der Waals surface area contributed by atoms with Gasteiger partial charge in [0.15, 0.2) is 0 Å². The summed E-state index contributed by atoms with van der Waals surface area (Å²) >= 11 is 0. The molecule has 0 saturated carbocycles. The number of amides is 1. The molecule has 1 aromatic rings. The molecule has 0 fully saturated rings. The van der Waals surface area contributed by atoms with Crippen molar-refractivity contribution in [1.29, 1.82) is 0 Å². The van der Waals surface area contributed by atoms with Crippen molar-refractivity contribution >= 4 is 11.9 Å². The highest BCUT2D eigenvalue weighted by Crippen LogP contribution is 1.96. The van der Waals surface area contributed by atoms with Gasteiger partial charge in [0, 0.05) is 12.5 Å². The van der Waals surface area contributed by atoms with Crippen LogP contribution in [0.2, 0.25) is 0 Å². The Morgan fingerprint density at radius 2 is 2.33 bits per heavy atom. The van der Waals surface area contributed by atoms with E-state index in [1.807, 2.05) is 13.8 Å². The molecule has 2 N–H and O–H groups in total. The van der Waals surface area contributed by atoms with Gasteiger partial charge in [-0.2, -0.15) is 5.10 Å². The van der Waals surface area contributed by atoms with Crippen LogP contribution in [0.4, 0.5) is 5.95 Å². The summed E-state index contributed by atoms with van der Waals surface area (Å²) < 4.78 is 0. The first-order chi connectivity index (χ1) is 7.22. The molecule has 1 amide bonds. The molecule has 1 unspecified atom stereocenters. The van der Waals surface area contributed by atoms with Crippen LogP contribution in [-0.4, -0.2) is 33.7 Å². The van der Waals surface area contributed by atoms with Crippen molar-refractivity contribution in [1.82, 2.24) is 20.5 Å². The molecule has 1 atom stereocenters. The molecule has 0 aliphatic carbocycles. The highest BCUT2D eigenvalue weighted by atomic mass is 16.1. The lowest BCUT2D eigenvalue weighted by molar-refractivity contribution is -0.116. The molecule has 1 heterocycles. The monoisotopic (exact) mass is 209 g/mol. The van der Waals surface area contributed by atoms with Gasteiger partial charge in [-0.15, -0.1) is 5.10 Å². The SMILES string of the molecule is CCNC(C)CC(=O)Nc1nccnn1. The highest BCUT2D eigenvalue weighted by molar-refractivity contribution is 5.89. The molecule has 0 saturated heterocycles. The minimum absolute atomic E-state index is 0.114. The number of hydrogen-bond acceptors (Lipinski definition) is 5. The molecule has 82 valence electrons. The van der Waals surface area contributed by atoms with Crippen molar-refractivity contribution in [3.05, 3.63) is 12.4 Å². The molecular formula is C9H15N5O. The first-order valence-electron chi connectivity index (χ1n) is 4.89. The summed E-state index contributed by atoms with van der Waals surface area (Å²) in [7, 11) is 0. The molecular weight excluding hydrogens is 194 g/mol. The van der Waals surface area contributed by atoms with Gasteiger partial charge < -0.3 is 5.32 Å². The van der Waals surface area contributed by atoms with Crippen molar-refractivity contribution in [2.24, 2.45) is 0 Å². The van der Waals surface area contributed by atoms with Crippen molar-refractivity contribution in [2.75, 3.05) is 11.9 Å². The van der Waals surface area contributed by atoms with Crippen molar-refractivity contribution < 1.29 is 4.79 Å². The molecule has 0 aliphatic rings. The summed E-state index contributed by atoms with van der Waals surface area (Å²) in [4.78, 5) is 15.3. The van der Waals surface area contributed by atoms with E-state index >= 15 is 0 Å². The highest BCUT2D eigenvalue weighted by Gasteiger charge is 2.08. The molecule has 6 heteroatoms. The van der Waals surface area contributed by atoms with Crippen LogP contribution in [0.3, 0.4) is 0 Å². The summed E-state index contributed by atoms with van der Waals surface area (Å²) in [5, 5.41) is 13.0. The Kier molecular flexibility index (Phi) is 4.62. The van der Waals surface area contributed by atoms with Gasteiger partial charge >= 0.3 is 0 Å². The Labute approximate surface area is 88.5 Å². The maximum atomic E-state index is 11.4. The fraction of sp³-hybridized carbons (Fsp3) is 0.556. The van der Waals surface area contributed by atoms with Gasteiger partial charge in [-0.25, -0.2) is 4.98 Å². The minimum Gasteiger partial charge on any atom is -0.314 e. The minimum atomic E-state index is -0.114. The average molecular weight is 209 g/mol. The van der Waals surface area contributed by atoms with Gasteiger partial charge in [-0.05, 0) is 13.5 Å². The van der Waals surface area contributed by atoms with Gasteiger partial charge in [0.1, 0.15) is 0 Å². The van der Waals surface area contributed by atoms with Crippen LogP contribution < -0.4 is 10.6 Å². The number of rotatable bonds is 5. The Hall–Kier alpha value is -1.56. The van der Waals surface area contributed by atoms with Crippen molar-refractivity contribution in [2.45, 2.75) is 26.3 Å². The zero-order valence-electron chi connectivity index (χ0n) is 8.90. The van der Waals surface area contributed by atoms with Crippen LogP contribution >= 0.6 is 0 Å². The lowest BCUT2D eigenvalue weighted by Crippen LogP contribution is -2.30. The number of aromatic nitrogens is 3. The van der Waals surface area contributed by atoms with E-state index in [9.17, 15) is 4.79 Å². The smallest absolute Gasteiger partial charge is 0.249 e. The summed E-state index contributed by atoms with van der Waals surface area (Å²) in [5.41, 5.74) is 0. The molecule has 0 aliphatic heterocycles. The molecule has 0 aromatic carbocycles. The number of nitrogens with one attached hydrogen (secondary N) is 2. The van der Waals surface area contributed by atoms with Gasteiger partial charge in [0.2, 0.25) is 11.9 Å². The van der Waals surface area contributed by atoms with Crippen molar-refractivity contribution in [3.8, 4) is 0 Å². The largest absolute Gasteiger partial charge is 0.314 e. The Morgan fingerprint density at radius 1 is 1.53 bits per heavy atom. The predicted molar refractivity (Wildman–Crippen MR) is 56.2 cm³/mol. The second-order valence-corrected chi connectivity index (χ2v) is 3.18. The number of carbonyl (C=O) groups excluding carboxylic acids is 1. The van der Waals surface area contributed by atoms with Crippen LogP contribution in [0.1, 0.15) is 20.3 Å². The second-order valence-electron chi connectivity index (χ2n) is 3.18. The predicted octanol–water partition coefficient (Wildman–Crippen LogP) is 0.198.